The SMILES string of the molecule is COc1ccc(NC(=O)C(=O)Nc2ccc(NC(C)=O)cc2)cc1N1CCCC1=O. The van der Waals surface area contributed by atoms with E-state index in [0.717, 1.165) is 6.42 Å². The maximum absolute atomic E-state index is 12.3. The monoisotopic (exact) mass is 410 g/mol. The quantitative estimate of drug-likeness (QED) is 0.654. The molecule has 3 rings (SSSR count). The average molecular weight is 410 g/mol. The molecule has 0 aromatic heterocycles. The van der Waals surface area contributed by atoms with E-state index in [1.54, 1.807) is 47.4 Å². The molecule has 1 saturated heterocycles. The summed E-state index contributed by atoms with van der Waals surface area (Å²) in [6.45, 7) is 1.96. The van der Waals surface area contributed by atoms with Crippen LogP contribution in [-0.4, -0.2) is 37.3 Å². The molecular weight excluding hydrogens is 388 g/mol. The number of carbonyl (C=O) groups is 4. The van der Waals surface area contributed by atoms with Crippen LogP contribution in [0.1, 0.15) is 19.8 Å². The Morgan fingerprint density at radius 3 is 2.00 bits per heavy atom. The van der Waals surface area contributed by atoms with Gasteiger partial charge in [-0.25, -0.2) is 0 Å². The van der Waals surface area contributed by atoms with Crippen LogP contribution < -0.4 is 25.6 Å². The van der Waals surface area contributed by atoms with E-state index in [-0.39, 0.29) is 11.8 Å². The smallest absolute Gasteiger partial charge is 0.314 e. The number of hydrogen-bond acceptors (Lipinski definition) is 5. The second kappa shape index (κ2) is 9.08. The van der Waals surface area contributed by atoms with Gasteiger partial charge in [-0.05, 0) is 48.9 Å². The zero-order valence-corrected chi connectivity index (χ0v) is 16.7. The second-order valence-corrected chi connectivity index (χ2v) is 6.70. The zero-order valence-electron chi connectivity index (χ0n) is 16.7. The molecule has 0 radical (unpaired) electrons. The third kappa shape index (κ3) is 4.93. The largest absolute Gasteiger partial charge is 0.495 e. The summed E-state index contributed by atoms with van der Waals surface area (Å²) in [6.07, 6.45) is 1.21. The first-order valence-corrected chi connectivity index (χ1v) is 9.36. The highest BCUT2D eigenvalue weighted by atomic mass is 16.5. The molecule has 0 spiro atoms. The maximum atomic E-state index is 12.3. The number of amides is 4. The molecule has 9 heteroatoms. The first-order chi connectivity index (χ1) is 14.4. The molecule has 3 N–H and O–H groups in total. The number of nitrogens with one attached hydrogen (secondary N) is 3. The Labute approximate surface area is 173 Å². The van der Waals surface area contributed by atoms with Gasteiger partial charge in [0.05, 0.1) is 12.8 Å². The summed E-state index contributed by atoms with van der Waals surface area (Å²) in [5.74, 6) is -1.42. The Hall–Kier alpha value is -3.88. The lowest BCUT2D eigenvalue weighted by molar-refractivity contribution is -0.132. The summed E-state index contributed by atoms with van der Waals surface area (Å²) in [6, 6.07) is 11.2. The summed E-state index contributed by atoms with van der Waals surface area (Å²) in [4.78, 5) is 49.2. The van der Waals surface area contributed by atoms with E-state index < -0.39 is 11.8 Å². The second-order valence-electron chi connectivity index (χ2n) is 6.70. The van der Waals surface area contributed by atoms with Crippen molar-refractivity contribution in [3.05, 3.63) is 42.5 Å². The molecule has 0 atom stereocenters. The van der Waals surface area contributed by atoms with Gasteiger partial charge in [0.1, 0.15) is 5.75 Å². The highest BCUT2D eigenvalue weighted by molar-refractivity contribution is 6.43. The summed E-state index contributed by atoms with van der Waals surface area (Å²) in [5.41, 5.74) is 1.90. The number of carbonyl (C=O) groups excluding carboxylic acids is 4. The van der Waals surface area contributed by atoms with Crippen LogP contribution in [-0.2, 0) is 19.2 Å². The number of nitrogens with zero attached hydrogens (tertiary/aromatic N) is 1. The van der Waals surface area contributed by atoms with Crippen LogP contribution in [0.3, 0.4) is 0 Å². The van der Waals surface area contributed by atoms with Crippen LogP contribution in [0, 0.1) is 0 Å². The molecule has 0 bridgehead atoms. The Bertz CT molecular complexity index is 987. The van der Waals surface area contributed by atoms with Crippen molar-refractivity contribution in [3.8, 4) is 5.75 Å². The minimum Gasteiger partial charge on any atom is -0.495 e. The van der Waals surface area contributed by atoms with Crippen LogP contribution in [0.5, 0.6) is 5.75 Å². The first-order valence-electron chi connectivity index (χ1n) is 9.36. The fourth-order valence-electron chi connectivity index (χ4n) is 3.10. The van der Waals surface area contributed by atoms with Crippen molar-refractivity contribution in [2.24, 2.45) is 0 Å². The maximum Gasteiger partial charge on any atom is 0.314 e. The molecule has 0 unspecified atom stereocenters. The van der Waals surface area contributed by atoms with Crippen molar-refractivity contribution in [3.63, 3.8) is 0 Å². The number of benzene rings is 2. The van der Waals surface area contributed by atoms with E-state index in [1.807, 2.05) is 0 Å². The van der Waals surface area contributed by atoms with Crippen LogP contribution in [0.25, 0.3) is 0 Å². The van der Waals surface area contributed by atoms with E-state index >= 15 is 0 Å². The predicted molar refractivity (Wildman–Crippen MR) is 113 cm³/mol. The van der Waals surface area contributed by atoms with E-state index in [4.69, 9.17) is 4.74 Å². The van der Waals surface area contributed by atoms with Gasteiger partial charge in [0.25, 0.3) is 0 Å². The van der Waals surface area contributed by atoms with E-state index in [1.165, 1.54) is 14.0 Å². The van der Waals surface area contributed by atoms with Crippen molar-refractivity contribution in [1.82, 2.24) is 0 Å². The number of rotatable bonds is 5. The van der Waals surface area contributed by atoms with Crippen molar-refractivity contribution in [1.29, 1.82) is 0 Å². The van der Waals surface area contributed by atoms with Gasteiger partial charge in [-0.3, -0.25) is 19.2 Å². The molecule has 1 aliphatic heterocycles. The van der Waals surface area contributed by atoms with Crippen molar-refractivity contribution >= 4 is 46.4 Å². The van der Waals surface area contributed by atoms with Gasteiger partial charge in [0, 0.05) is 37.0 Å². The Morgan fingerprint density at radius 2 is 1.47 bits per heavy atom. The number of ether oxygens (including phenoxy) is 1. The van der Waals surface area contributed by atoms with Gasteiger partial charge in [0.2, 0.25) is 11.8 Å². The normalized spacial score (nSPS) is 13.0. The third-order valence-electron chi connectivity index (χ3n) is 4.47. The van der Waals surface area contributed by atoms with Crippen LogP contribution >= 0.6 is 0 Å². The van der Waals surface area contributed by atoms with Crippen LogP contribution in [0.4, 0.5) is 22.7 Å². The predicted octanol–water partition coefficient (Wildman–Crippen LogP) is 2.36. The lowest BCUT2D eigenvalue weighted by atomic mass is 10.2. The molecule has 1 aliphatic rings. The van der Waals surface area contributed by atoms with E-state index in [0.29, 0.717) is 41.5 Å². The highest BCUT2D eigenvalue weighted by Gasteiger charge is 2.25. The summed E-state index contributed by atoms with van der Waals surface area (Å²) in [5, 5.41) is 7.63. The lowest BCUT2D eigenvalue weighted by Crippen LogP contribution is -2.29. The minimum atomic E-state index is -0.857. The lowest BCUT2D eigenvalue weighted by Gasteiger charge is -2.20. The van der Waals surface area contributed by atoms with Crippen molar-refractivity contribution in [2.75, 3.05) is 34.5 Å². The van der Waals surface area contributed by atoms with Gasteiger partial charge in [0.15, 0.2) is 0 Å². The van der Waals surface area contributed by atoms with Gasteiger partial charge >= 0.3 is 11.8 Å². The summed E-state index contributed by atoms with van der Waals surface area (Å²) in [7, 11) is 1.50. The molecule has 0 aliphatic carbocycles. The number of hydrogen-bond donors (Lipinski definition) is 3. The van der Waals surface area contributed by atoms with Crippen LogP contribution in [0.15, 0.2) is 42.5 Å². The summed E-state index contributed by atoms with van der Waals surface area (Å²) >= 11 is 0. The third-order valence-corrected chi connectivity index (χ3v) is 4.47. The van der Waals surface area contributed by atoms with Crippen molar-refractivity contribution < 1.29 is 23.9 Å². The Balaban J connectivity index is 1.67. The van der Waals surface area contributed by atoms with E-state index in [2.05, 4.69) is 16.0 Å². The molecule has 1 heterocycles. The molecule has 2 aromatic carbocycles. The van der Waals surface area contributed by atoms with E-state index in [9.17, 15) is 19.2 Å². The molecule has 156 valence electrons. The Morgan fingerprint density at radius 1 is 0.900 bits per heavy atom. The standard InChI is InChI=1S/C21H22N4O5/c1-13(26)22-14-5-7-15(8-6-14)23-20(28)21(29)24-16-9-10-18(30-2)17(12-16)25-11-3-4-19(25)27/h5-10,12H,3-4,11H2,1-2H3,(H,22,26)(H,23,28)(H,24,29). The van der Waals surface area contributed by atoms with Gasteiger partial charge in [-0.15, -0.1) is 0 Å². The molecule has 1 fully saturated rings. The fraction of sp³-hybridized carbons (Fsp3) is 0.238. The van der Waals surface area contributed by atoms with Gasteiger partial charge < -0.3 is 25.6 Å². The molecule has 0 saturated carbocycles. The van der Waals surface area contributed by atoms with Gasteiger partial charge in [-0.1, -0.05) is 0 Å². The van der Waals surface area contributed by atoms with Crippen LogP contribution in [0.2, 0.25) is 0 Å². The fourth-order valence-corrected chi connectivity index (χ4v) is 3.10. The number of anilines is 4. The molecule has 4 amide bonds. The summed E-state index contributed by atoms with van der Waals surface area (Å²) < 4.78 is 5.31. The van der Waals surface area contributed by atoms with Crippen molar-refractivity contribution in [2.45, 2.75) is 19.8 Å². The zero-order chi connectivity index (χ0) is 21.7. The highest BCUT2D eigenvalue weighted by Crippen LogP contribution is 2.34. The number of methoxy groups -OCH3 is 1. The molecule has 9 nitrogen and oxygen atoms in total. The Kier molecular flexibility index (Phi) is 6.31. The minimum absolute atomic E-state index is 0.0165. The molecule has 30 heavy (non-hydrogen) atoms. The first kappa shape index (κ1) is 20.8. The molecule has 2 aromatic rings. The topological polar surface area (TPSA) is 117 Å². The molecular formula is C21H22N4O5. The van der Waals surface area contributed by atoms with Gasteiger partial charge in [-0.2, -0.15) is 0 Å². The average Bonchev–Trinajstić information content (AvgIpc) is 3.14.